The van der Waals surface area contributed by atoms with Gasteiger partial charge >= 0.3 is 8.80 Å². The van der Waals surface area contributed by atoms with E-state index in [1.165, 1.54) is 51.1 Å². The number of ether oxygens (including phenoxy) is 1. The number of aryl methyl sites for hydroxylation is 1. The van der Waals surface area contributed by atoms with Crippen LogP contribution in [0, 0.1) is 17.7 Å². The summed E-state index contributed by atoms with van der Waals surface area (Å²) in [7, 11) is -3.03. The zero-order valence-corrected chi connectivity index (χ0v) is 38.9. The first kappa shape index (κ1) is 44.5. The second kappa shape index (κ2) is 21.5. The van der Waals surface area contributed by atoms with Gasteiger partial charge in [0, 0.05) is 72.6 Å². The highest BCUT2D eigenvalue weighted by atomic mass is 32.1. The third kappa shape index (κ3) is 10.6. The molecule has 0 saturated carbocycles. The number of unbranched alkanes of at least 4 members (excludes halogenated alkanes) is 3. The first-order valence-corrected chi connectivity index (χ1v) is 25.5. The average Bonchev–Trinajstić information content (AvgIpc) is 4.01. The molecular weight excluding hydrogens is 814 g/mol. The van der Waals surface area contributed by atoms with Gasteiger partial charge < -0.3 is 22.6 Å². The van der Waals surface area contributed by atoms with E-state index in [0.717, 1.165) is 75.3 Å². The van der Waals surface area contributed by atoms with Crippen molar-refractivity contribution in [3.05, 3.63) is 131 Å². The van der Waals surface area contributed by atoms with Crippen LogP contribution in [-0.2, 0) is 26.2 Å². The standard InChI is InChI=1S/C52H58FNO4S2Si/c1-6-11-12-13-16-40-35-51(39-22-28-48-45(34-39)46-36-42(55-10-5)23-29-49(46)54(48)37-41-17-14-15-18-47(41)53)60-52(40)50-30-25-43(59-50)24-19-38-20-26-44(27-21-38)61(56-31-7-2,57-32-8-3)58-33-9-4/h14-15,17-18,20-23,25-30,34-36H,6-13,16,31-33,37H2,1-5H3. The first-order valence-electron chi connectivity index (χ1n) is 22.1. The smallest absolute Gasteiger partial charge is 0.494 e. The third-order valence-electron chi connectivity index (χ3n) is 10.7. The van der Waals surface area contributed by atoms with E-state index in [-0.39, 0.29) is 5.82 Å². The second-order valence-corrected chi connectivity index (χ2v) is 20.1. The van der Waals surface area contributed by atoms with E-state index in [0.29, 0.717) is 38.5 Å². The van der Waals surface area contributed by atoms with Crippen molar-refractivity contribution in [2.45, 2.75) is 92.5 Å². The van der Waals surface area contributed by atoms with Gasteiger partial charge in [0.15, 0.2) is 0 Å². The summed E-state index contributed by atoms with van der Waals surface area (Å²) in [6.45, 7) is 13.4. The van der Waals surface area contributed by atoms with Gasteiger partial charge in [0.05, 0.1) is 18.0 Å². The second-order valence-electron chi connectivity index (χ2n) is 15.4. The zero-order valence-electron chi connectivity index (χ0n) is 36.3. The van der Waals surface area contributed by atoms with Crippen LogP contribution in [0.15, 0.2) is 103 Å². The summed E-state index contributed by atoms with van der Waals surface area (Å²) in [6, 6.07) is 35.1. The number of thiophene rings is 2. The highest BCUT2D eigenvalue weighted by molar-refractivity contribution is 7.24. The van der Waals surface area contributed by atoms with Crippen molar-refractivity contribution >= 4 is 58.5 Å². The van der Waals surface area contributed by atoms with Crippen LogP contribution in [0.2, 0.25) is 0 Å². The number of aromatic nitrogens is 1. The van der Waals surface area contributed by atoms with E-state index in [4.69, 9.17) is 18.0 Å². The topological polar surface area (TPSA) is 41.9 Å². The van der Waals surface area contributed by atoms with Crippen molar-refractivity contribution in [2.75, 3.05) is 26.4 Å². The van der Waals surface area contributed by atoms with Crippen LogP contribution in [0.5, 0.6) is 5.75 Å². The fourth-order valence-electron chi connectivity index (χ4n) is 7.67. The molecule has 0 spiro atoms. The summed E-state index contributed by atoms with van der Waals surface area (Å²) >= 11 is 3.62. The zero-order chi connectivity index (χ0) is 42.6. The minimum absolute atomic E-state index is 0.193. The molecule has 0 aliphatic rings. The van der Waals surface area contributed by atoms with E-state index in [9.17, 15) is 4.39 Å². The molecule has 0 radical (unpaired) electrons. The van der Waals surface area contributed by atoms with Crippen LogP contribution in [0.4, 0.5) is 4.39 Å². The fourth-order valence-corrected chi connectivity index (χ4v) is 12.6. The van der Waals surface area contributed by atoms with Crippen molar-refractivity contribution < 1.29 is 22.4 Å². The maximum absolute atomic E-state index is 15.0. The monoisotopic (exact) mass is 871 g/mol. The molecule has 0 fully saturated rings. The molecule has 0 atom stereocenters. The van der Waals surface area contributed by atoms with E-state index in [1.807, 2.05) is 36.5 Å². The van der Waals surface area contributed by atoms with E-state index >= 15 is 0 Å². The predicted octanol–water partition coefficient (Wildman–Crippen LogP) is 13.8. The summed E-state index contributed by atoms with van der Waals surface area (Å²) in [6.07, 6.45) is 8.58. The molecule has 0 saturated heterocycles. The Labute approximate surface area is 370 Å². The van der Waals surface area contributed by atoms with Gasteiger partial charge in [0.2, 0.25) is 0 Å². The molecular formula is C52H58FNO4S2Si. The van der Waals surface area contributed by atoms with Crippen LogP contribution in [0.3, 0.4) is 0 Å². The lowest BCUT2D eigenvalue weighted by molar-refractivity contribution is 0.0732. The molecule has 7 rings (SSSR count). The molecule has 0 aliphatic heterocycles. The molecule has 3 aromatic heterocycles. The number of hydrogen-bond acceptors (Lipinski definition) is 6. The summed E-state index contributed by atoms with van der Waals surface area (Å²) in [5.74, 6) is 7.52. The maximum atomic E-state index is 15.0. The van der Waals surface area contributed by atoms with Crippen molar-refractivity contribution in [3.63, 3.8) is 0 Å². The van der Waals surface area contributed by atoms with Gasteiger partial charge in [-0.25, -0.2) is 4.39 Å². The van der Waals surface area contributed by atoms with E-state index in [1.54, 1.807) is 17.4 Å². The Hall–Kier alpha value is -4.53. The highest BCUT2D eigenvalue weighted by Crippen LogP contribution is 2.43. The number of halogens is 1. The van der Waals surface area contributed by atoms with Gasteiger partial charge in [-0.3, -0.25) is 0 Å². The Balaban J connectivity index is 1.20. The molecule has 3 heterocycles. The van der Waals surface area contributed by atoms with Crippen molar-refractivity contribution in [1.29, 1.82) is 0 Å². The predicted molar refractivity (Wildman–Crippen MR) is 257 cm³/mol. The number of rotatable bonds is 21. The van der Waals surface area contributed by atoms with Gasteiger partial charge in [-0.1, -0.05) is 95.2 Å². The minimum atomic E-state index is -3.03. The molecule has 5 nitrogen and oxygen atoms in total. The first-order chi connectivity index (χ1) is 29.9. The van der Waals surface area contributed by atoms with Crippen molar-refractivity contribution in [1.82, 2.24) is 4.57 Å². The lowest BCUT2D eigenvalue weighted by Crippen LogP contribution is -2.57. The lowest BCUT2D eigenvalue weighted by Gasteiger charge is -2.29. The molecule has 0 aliphatic carbocycles. The van der Waals surface area contributed by atoms with E-state index < -0.39 is 8.80 Å². The van der Waals surface area contributed by atoms with Crippen molar-refractivity contribution in [3.8, 4) is 37.8 Å². The fraction of sp³-hybridized carbons (Fsp3) is 0.346. The van der Waals surface area contributed by atoms with Crippen LogP contribution >= 0.6 is 22.7 Å². The van der Waals surface area contributed by atoms with Crippen LogP contribution in [0.1, 0.15) is 101 Å². The quantitative estimate of drug-likeness (QED) is 0.0410. The molecule has 61 heavy (non-hydrogen) atoms. The summed E-state index contributed by atoms with van der Waals surface area (Å²) in [4.78, 5) is 4.85. The third-order valence-corrected chi connectivity index (χ3v) is 15.9. The van der Waals surface area contributed by atoms with Crippen LogP contribution in [-0.4, -0.2) is 39.8 Å². The molecule has 0 bridgehead atoms. The van der Waals surface area contributed by atoms with E-state index in [2.05, 4.69) is 117 Å². The Morgan fingerprint density at radius 2 is 1.33 bits per heavy atom. The Kier molecular flexibility index (Phi) is 15.7. The Bertz CT molecular complexity index is 2560. The maximum Gasteiger partial charge on any atom is 0.537 e. The largest absolute Gasteiger partial charge is 0.537 e. The molecule has 0 amide bonds. The number of nitrogens with zero attached hydrogens (tertiary/aromatic N) is 1. The minimum Gasteiger partial charge on any atom is -0.494 e. The SMILES string of the molecule is CCCCCCc1cc(-c2ccc3c(c2)c2cc(OCC)ccc2n3Cc2ccccc2F)sc1-c1ccc(C#Cc2ccc([Si](OCCC)(OCCC)OCCC)cc2)s1. The molecule has 7 aromatic rings. The van der Waals surface area contributed by atoms with Gasteiger partial charge in [-0.2, -0.15) is 0 Å². The summed E-state index contributed by atoms with van der Waals surface area (Å²) in [5, 5.41) is 3.22. The molecule has 9 heteroatoms. The van der Waals surface area contributed by atoms with Gasteiger partial charge in [0.25, 0.3) is 0 Å². The van der Waals surface area contributed by atoms with Gasteiger partial charge in [0.1, 0.15) is 11.6 Å². The number of fused-ring (bicyclic) bond motifs is 3. The molecule has 318 valence electrons. The van der Waals surface area contributed by atoms with Crippen LogP contribution in [0.25, 0.3) is 42.0 Å². The van der Waals surface area contributed by atoms with Crippen LogP contribution < -0.4 is 9.92 Å². The molecule has 0 unspecified atom stereocenters. The Morgan fingerprint density at radius 3 is 2.02 bits per heavy atom. The molecule has 4 aromatic carbocycles. The molecule has 0 N–H and O–H groups in total. The number of benzene rings is 4. The van der Waals surface area contributed by atoms with Gasteiger partial charge in [-0.15, -0.1) is 22.7 Å². The average molecular weight is 872 g/mol. The summed E-state index contributed by atoms with van der Waals surface area (Å²) < 4.78 is 42.3. The normalized spacial score (nSPS) is 11.7. The lowest BCUT2D eigenvalue weighted by atomic mass is 10.0. The van der Waals surface area contributed by atoms with Gasteiger partial charge in [-0.05, 0) is 117 Å². The summed E-state index contributed by atoms with van der Waals surface area (Å²) in [5.41, 5.74) is 6.31. The van der Waals surface area contributed by atoms with Crippen molar-refractivity contribution in [2.24, 2.45) is 0 Å². The number of hydrogen-bond donors (Lipinski definition) is 0. The Morgan fingerprint density at radius 1 is 0.623 bits per heavy atom. The highest BCUT2D eigenvalue weighted by Gasteiger charge is 2.43.